The zero-order chi connectivity index (χ0) is 26.1. The molecule has 0 aliphatic carbocycles. The summed E-state index contributed by atoms with van der Waals surface area (Å²) in [6, 6.07) is 15.5. The number of fused-ring (bicyclic) bond motifs is 1. The minimum absolute atomic E-state index is 0.0775. The largest absolute Gasteiger partial charge is 0.489 e. The molecule has 1 saturated heterocycles. The lowest BCUT2D eigenvalue weighted by Gasteiger charge is -2.21. The monoisotopic (exact) mass is 502 g/mol. The molecule has 1 aliphatic heterocycles. The highest BCUT2D eigenvalue weighted by Gasteiger charge is 2.34. The maximum absolute atomic E-state index is 14.3. The highest BCUT2D eigenvalue weighted by Crippen LogP contribution is 2.35. The molecule has 2 heterocycles. The third-order valence-electron chi connectivity index (χ3n) is 6.40. The Morgan fingerprint density at radius 3 is 2.68 bits per heavy atom. The van der Waals surface area contributed by atoms with E-state index in [0.717, 1.165) is 17.9 Å². The summed E-state index contributed by atoms with van der Waals surface area (Å²) >= 11 is 0. The van der Waals surface area contributed by atoms with Crippen LogP contribution in [0.1, 0.15) is 34.3 Å². The van der Waals surface area contributed by atoms with E-state index in [-0.39, 0.29) is 29.0 Å². The molecule has 3 aromatic carbocycles. The zero-order valence-corrected chi connectivity index (χ0v) is 19.4. The third-order valence-corrected chi connectivity index (χ3v) is 6.40. The first-order chi connectivity index (χ1) is 17.9. The van der Waals surface area contributed by atoms with Crippen LogP contribution in [0.2, 0.25) is 0 Å². The normalized spacial score (nSPS) is 15.1. The van der Waals surface area contributed by atoms with Crippen molar-refractivity contribution < 1.29 is 32.6 Å². The number of benzene rings is 3. The summed E-state index contributed by atoms with van der Waals surface area (Å²) in [7, 11) is 0. The van der Waals surface area contributed by atoms with Crippen LogP contribution < -0.4 is 4.74 Å². The van der Waals surface area contributed by atoms with Crippen LogP contribution >= 0.6 is 0 Å². The number of nitrogens with zero attached hydrogens (tertiary/aromatic N) is 2. The van der Waals surface area contributed by atoms with Gasteiger partial charge in [0.1, 0.15) is 41.9 Å². The molecular formula is C28H20F2N2O5. The summed E-state index contributed by atoms with van der Waals surface area (Å²) < 4.78 is 39.7. The molecule has 1 N–H and O–H groups in total. The van der Waals surface area contributed by atoms with Gasteiger partial charge < -0.3 is 19.2 Å². The molecule has 37 heavy (non-hydrogen) atoms. The highest BCUT2D eigenvalue weighted by molar-refractivity contribution is 5.97. The SMILES string of the molecule is N#Cc1coc2c(-c3ccc(OCc4cccc(C(=O)N5CCC[C@H]5C(=O)O)c4)cc3)cc(F)c(F)c12. The van der Waals surface area contributed by atoms with E-state index in [1.54, 1.807) is 54.6 Å². The molecule has 0 radical (unpaired) electrons. The average Bonchev–Trinajstić information content (AvgIpc) is 3.58. The molecule has 1 aliphatic rings. The van der Waals surface area contributed by atoms with Gasteiger partial charge in [-0.05, 0) is 54.3 Å². The van der Waals surface area contributed by atoms with Crippen LogP contribution in [0.4, 0.5) is 8.78 Å². The Hall–Kier alpha value is -4.71. The molecule has 5 rings (SSSR count). The molecular weight excluding hydrogens is 482 g/mol. The number of hydrogen-bond acceptors (Lipinski definition) is 5. The second-order valence-electron chi connectivity index (χ2n) is 8.69. The van der Waals surface area contributed by atoms with Gasteiger partial charge in [0.05, 0.1) is 5.39 Å². The Kier molecular flexibility index (Phi) is 6.32. The Morgan fingerprint density at radius 1 is 1.16 bits per heavy atom. The lowest BCUT2D eigenvalue weighted by molar-refractivity contribution is -0.141. The van der Waals surface area contributed by atoms with E-state index in [1.165, 1.54) is 4.90 Å². The molecule has 1 amide bonds. The van der Waals surface area contributed by atoms with E-state index in [1.807, 2.05) is 0 Å². The highest BCUT2D eigenvalue weighted by atomic mass is 19.2. The number of nitriles is 1. The van der Waals surface area contributed by atoms with Gasteiger partial charge in [0.25, 0.3) is 5.91 Å². The van der Waals surface area contributed by atoms with Crippen molar-refractivity contribution in [3.8, 4) is 22.9 Å². The van der Waals surface area contributed by atoms with Gasteiger partial charge in [-0.15, -0.1) is 0 Å². The molecule has 0 unspecified atom stereocenters. The minimum atomic E-state index is -1.13. The fourth-order valence-corrected chi connectivity index (χ4v) is 4.57. The maximum atomic E-state index is 14.3. The minimum Gasteiger partial charge on any atom is -0.489 e. The van der Waals surface area contributed by atoms with Crippen molar-refractivity contribution in [1.29, 1.82) is 5.26 Å². The van der Waals surface area contributed by atoms with Crippen molar-refractivity contribution in [2.24, 2.45) is 0 Å². The molecule has 0 bridgehead atoms. The first-order valence-electron chi connectivity index (χ1n) is 11.5. The first kappa shape index (κ1) is 24.0. The van der Waals surface area contributed by atoms with Crippen LogP contribution in [0.3, 0.4) is 0 Å². The number of amides is 1. The number of furan rings is 1. The first-order valence-corrected chi connectivity index (χ1v) is 11.5. The van der Waals surface area contributed by atoms with E-state index in [0.29, 0.717) is 41.8 Å². The van der Waals surface area contributed by atoms with E-state index in [4.69, 9.17) is 14.4 Å². The number of carbonyl (C=O) groups is 2. The molecule has 4 aromatic rings. The topological polar surface area (TPSA) is 104 Å². The standard InChI is InChI=1S/C28H20F2N2O5/c29-22-12-21(26-24(25(22)30)19(13-31)15-37-26)17-6-8-20(9-7-17)36-14-16-3-1-4-18(11-16)27(33)32-10-2-5-23(32)28(34)35/h1,3-4,6-9,11-12,15,23H,2,5,10,14H2,(H,34,35)/t23-/m0/s1. The lowest BCUT2D eigenvalue weighted by Crippen LogP contribution is -2.40. The molecule has 186 valence electrons. The van der Waals surface area contributed by atoms with Crippen LogP contribution in [-0.2, 0) is 11.4 Å². The molecule has 1 atom stereocenters. The predicted octanol–water partition coefficient (Wildman–Crippen LogP) is 5.52. The van der Waals surface area contributed by atoms with Crippen LogP contribution in [0.25, 0.3) is 22.1 Å². The smallest absolute Gasteiger partial charge is 0.326 e. The van der Waals surface area contributed by atoms with Crippen LogP contribution in [0, 0.1) is 23.0 Å². The fourth-order valence-electron chi connectivity index (χ4n) is 4.57. The van der Waals surface area contributed by atoms with E-state index in [9.17, 15) is 23.5 Å². The quantitative estimate of drug-likeness (QED) is 0.373. The van der Waals surface area contributed by atoms with Crippen LogP contribution in [-0.4, -0.2) is 34.5 Å². The zero-order valence-electron chi connectivity index (χ0n) is 19.4. The second kappa shape index (κ2) is 9.74. The molecule has 1 aromatic heterocycles. The average molecular weight is 502 g/mol. The Labute approximate surface area is 210 Å². The number of carboxylic acid groups (broad SMARTS) is 1. The van der Waals surface area contributed by atoms with Crippen molar-refractivity contribution in [2.75, 3.05) is 6.54 Å². The summed E-state index contributed by atoms with van der Waals surface area (Å²) in [6.07, 6.45) is 2.19. The van der Waals surface area contributed by atoms with Gasteiger partial charge in [0.15, 0.2) is 11.6 Å². The summed E-state index contributed by atoms with van der Waals surface area (Å²) in [5, 5.41) is 18.3. The number of halogens is 2. The van der Waals surface area contributed by atoms with Gasteiger partial charge >= 0.3 is 5.97 Å². The van der Waals surface area contributed by atoms with E-state index >= 15 is 0 Å². The van der Waals surface area contributed by atoms with Crippen LogP contribution in [0.5, 0.6) is 5.75 Å². The maximum Gasteiger partial charge on any atom is 0.326 e. The number of ether oxygens (including phenoxy) is 1. The number of carbonyl (C=O) groups excluding carboxylic acids is 1. The van der Waals surface area contributed by atoms with Crippen molar-refractivity contribution in [1.82, 2.24) is 4.90 Å². The number of carboxylic acids is 1. The van der Waals surface area contributed by atoms with Crippen molar-refractivity contribution >= 4 is 22.8 Å². The Morgan fingerprint density at radius 2 is 1.95 bits per heavy atom. The summed E-state index contributed by atoms with van der Waals surface area (Å²) in [5.41, 5.74) is 1.95. The number of rotatable bonds is 6. The van der Waals surface area contributed by atoms with Gasteiger partial charge in [-0.3, -0.25) is 4.79 Å². The Bertz CT molecular complexity index is 1560. The van der Waals surface area contributed by atoms with Gasteiger partial charge in [-0.25, -0.2) is 13.6 Å². The Balaban J connectivity index is 1.31. The van der Waals surface area contributed by atoms with Gasteiger partial charge in [-0.2, -0.15) is 5.26 Å². The molecule has 1 fully saturated rings. The summed E-state index contributed by atoms with van der Waals surface area (Å²) in [5.74, 6) is -3.05. The van der Waals surface area contributed by atoms with Gasteiger partial charge in [0, 0.05) is 17.7 Å². The predicted molar refractivity (Wildman–Crippen MR) is 129 cm³/mol. The van der Waals surface area contributed by atoms with E-state index in [2.05, 4.69) is 0 Å². The summed E-state index contributed by atoms with van der Waals surface area (Å²) in [4.78, 5) is 25.7. The number of hydrogen-bond donors (Lipinski definition) is 1. The van der Waals surface area contributed by atoms with Crippen molar-refractivity contribution in [3.05, 3.63) is 89.2 Å². The molecule has 0 saturated carbocycles. The second-order valence-corrected chi connectivity index (χ2v) is 8.69. The molecule has 7 nitrogen and oxygen atoms in total. The van der Waals surface area contributed by atoms with Crippen LogP contribution in [0.15, 0.2) is 65.3 Å². The van der Waals surface area contributed by atoms with Crippen molar-refractivity contribution in [2.45, 2.75) is 25.5 Å². The van der Waals surface area contributed by atoms with Gasteiger partial charge in [0.2, 0.25) is 0 Å². The van der Waals surface area contributed by atoms with E-state index < -0.39 is 23.6 Å². The molecule has 0 spiro atoms. The lowest BCUT2D eigenvalue weighted by atomic mass is 10.0. The van der Waals surface area contributed by atoms with Crippen molar-refractivity contribution in [3.63, 3.8) is 0 Å². The van der Waals surface area contributed by atoms with Gasteiger partial charge in [-0.1, -0.05) is 24.3 Å². The summed E-state index contributed by atoms with van der Waals surface area (Å²) in [6.45, 7) is 0.560. The fraction of sp³-hybridized carbons (Fsp3) is 0.179. The molecule has 9 heteroatoms. The number of likely N-dealkylation sites (tertiary alicyclic amines) is 1. The number of aliphatic carboxylic acids is 1. The third kappa shape index (κ3) is 4.49.